The smallest absolute Gasteiger partial charge is 0.310 e. The molecule has 1 atom stereocenters. The lowest BCUT2D eigenvalue weighted by atomic mass is 9.78. The molecule has 0 bridgehead atoms. The molecule has 0 spiro atoms. The average molecular weight is 243 g/mol. The maximum Gasteiger partial charge on any atom is 0.310 e. The summed E-state index contributed by atoms with van der Waals surface area (Å²) in [6.07, 6.45) is 3.54. The van der Waals surface area contributed by atoms with Crippen molar-refractivity contribution in [3.63, 3.8) is 0 Å². The number of aliphatic carboxylic acids is 1. The first-order chi connectivity index (χ1) is 8.14. The van der Waals surface area contributed by atoms with Crippen LogP contribution < -0.4 is 0 Å². The van der Waals surface area contributed by atoms with Gasteiger partial charge in [-0.3, -0.25) is 9.69 Å². The van der Waals surface area contributed by atoms with E-state index in [2.05, 4.69) is 11.8 Å². The van der Waals surface area contributed by atoms with Crippen molar-refractivity contribution in [1.82, 2.24) is 4.90 Å². The molecule has 0 aromatic heterocycles. The maximum atomic E-state index is 11.4. The minimum atomic E-state index is -0.640. The van der Waals surface area contributed by atoms with E-state index in [0.717, 1.165) is 39.0 Å². The molecule has 0 radical (unpaired) electrons. The number of carboxylic acid groups (broad SMARTS) is 1. The Labute approximate surface area is 104 Å². The van der Waals surface area contributed by atoms with Gasteiger partial charge >= 0.3 is 5.97 Å². The minimum Gasteiger partial charge on any atom is -0.481 e. The standard InChI is InChI=1S/C13H25NO3/c1-3-9-17-10-8-14-7-5-6-13(4-2,11-14)12(15)16/h3-11H2,1-2H3,(H,15,16). The number of piperidine rings is 1. The highest BCUT2D eigenvalue weighted by Crippen LogP contribution is 2.33. The van der Waals surface area contributed by atoms with Crippen molar-refractivity contribution >= 4 is 5.97 Å². The number of carboxylic acids is 1. The summed E-state index contributed by atoms with van der Waals surface area (Å²) in [5, 5.41) is 9.36. The molecular formula is C13H25NO3. The van der Waals surface area contributed by atoms with Crippen LogP contribution in [0.25, 0.3) is 0 Å². The highest BCUT2D eigenvalue weighted by Gasteiger charge is 2.40. The van der Waals surface area contributed by atoms with Crippen molar-refractivity contribution in [2.45, 2.75) is 39.5 Å². The summed E-state index contributed by atoms with van der Waals surface area (Å²) in [5.41, 5.74) is -0.525. The first-order valence-corrected chi connectivity index (χ1v) is 6.68. The van der Waals surface area contributed by atoms with Crippen molar-refractivity contribution in [2.75, 3.05) is 32.8 Å². The topological polar surface area (TPSA) is 49.8 Å². The van der Waals surface area contributed by atoms with Crippen LogP contribution in [0.15, 0.2) is 0 Å². The molecule has 4 nitrogen and oxygen atoms in total. The fourth-order valence-electron chi connectivity index (χ4n) is 2.47. The molecule has 0 aromatic carbocycles. The molecule has 1 aliphatic heterocycles. The first-order valence-electron chi connectivity index (χ1n) is 6.68. The summed E-state index contributed by atoms with van der Waals surface area (Å²) in [5.74, 6) is -0.640. The zero-order valence-electron chi connectivity index (χ0n) is 11.1. The van der Waals surface area contributed by atoms with Gasteiger partial charge < -0.3 is 9.84 Å². The fourth-order valence-corrected chi connectivity index (χ4v) is 2.47. The molecule has 17 heavy (non-hydrogen) atoms. The Morgan fingerprint density at radius 3 is 2.76 bits per heavy atom. The van der Waals surface area contributed by atoms with E-state index < -0.39 is 11.4 Å². The van der Waals surface area contributed by atoms with Crippen LogP contribution >= 0.6 is 0 Å². The Morgan fingerprint density at radius 1 is 1.41 bits per heavy atom. The summed E-state index contributed by atoms with van der Waals surface area (Å²) < 4.78 is 5.46. The molecule has 0 aliphatic carbocycles. The van der Waals surface area contributed by atoms with Crippen LogP contribution in [-0.2, 0) is 9.53 Å². The molecule has 1 saturated heterocycles. The lowest BCUT2D eigenvalue weighted by Crippen LogP contribution is -2.48. The van der Waals surface area contributed by atoms with Crippen molar-refractivity contribution in [1.29, 1.82) is 0 Å². The SMILES string of the molecule is CCCOCCN1CCCC(CC)(C(=O)O)C1. The number of likely N-dealkylation sites (tertiary alicyclic amines) is 1. The van der Waals surface area contributed by atoms with Gasteiger partial charge in [-0.05, 0) is 32.2 Å². The van der Waals surface area contributed by atoms with E-state index in [1.165, 1.54) is 0 Å². The third-order valence-corrected chi connectivity index (χ3v) is 3.69. The van der Waals surface area contributed by atoms with E-state index in [4.69, 9.17) is 4.74 Å². The molecule has 1 fully saturated rings. The summed E-state index contributed by atoms with van der Waals surface area (Å²) in [6.45, 7) is 8.12. The molecule has 0 saturated carbocycles. The van der Waals surface area contributed by atoms with E-state index >= 15 is 0 Å². The monoisotopic (exact) mass is 243 g/mol. The molecule has 1 aliphatic rings. The second-order valence-corrected chi connectivity index (χ2v) is 4.93. The molecule has 1 rings (SSSR count). The van der Waals surface area contributed by atoms with Gasteiger partial charge in [0, 0.05) is 19.7 Å². The zero-order chi connectivity index (χ0) is 12.7. The van der Waals surface area contributed by atoms with Crippen molar-refractivity contribution in [3.05, 3.63) is 0 Å². The molecule has 100 valence electrons. The van der Waals surface area contributed by atoms with Crippen LogP contribution in [0.2, 0.25) is 0 Å². The quantitative estimate of drug-likeness (QED) is 0.695. The van der Waals surface area contributed by atoms with Gasteiger partial charge in [0.1, 0.15) is 0 Å². The normalized spacial score (nSPS) is 26.0. The summed E-state index contributed by atoms with van der Waals surface area (Å²) in [6, 6.07) is 0. The molecular weight excluding hydrogens is 218 g/mol. The van der Waals surface area contributed by atoms with E-state index in [1.54, 1.807) is 0 Å². The summed E-state index contributed by atoms with van der Waals surface area (Å²) in [7, 11) is 0. The predicted octanol–water partition coefficient (Wildman–Crippen LogP) is 1.99. The largest absolute Gasteiger partial charge is 0.481 e. The van der Waals surface area contributed by atoms with Gasteiger partial charge in [0.2, 0.25) is 0 Å². The second kappa shape index (κ2) is 6.97. The van der Waals surface area contributed by atoms with E-state index in [1.807, 2.05) is 6.92 Å². The molecule has 0 aromatic rings. The highest BCUT2D eigenvalue weighted by molar-refractivity contribution is 5.75. The van der Waals surface area contributed by atoms with E-state index in [0.29, 0.717) is 19.6 Å². The zero-order valence-corrected chi connectivity index (χ0v) is 11.1. The Hall–Kier alpha value is -0.610. The number of nitrogens with zero attached hydrogens (tertiary/aromatic N) is 1. The summed E-state index contributed by atoms with van der Waals surface area (Å²) in [4.78, 5) is 13.6. The predicted molar refractivity (Wildman–Crippen MR) is 67.1 cm³/mol. The first kappa shape index (κ1) is 14.5. The van der Waals surface area contributed by atoms with Gasteiger partial charge in [-0.1, -0.05) is 13.8 Å². The number of ether oxygens (including phenoxy) is 1. The highest BCUT2D eigenvalue weighted by atomic mass is 16.5. The van der Waals surface area contributed by atoms with Crippen molar-refractivity contribution in [2.24, 2.45) is 5.41 Å². The van der Waals surface area contributed by atoms with Gasteiger partial charge in [0.05, 0.1) is 12.0 Å². The van der Waals surface area contributed by atoms with Gasteiger partial charge in [-0.25, -0.2) is 0 Å². The van der Waals surface area contributed by atoms with Crippen LogP contribution in [0.3, 0.4) is 0 Å². The average Bonchev–Trinajstić information content (AvgIpc) is 2.34. The van der Waals surface area contributed by atoms with Gasteiger partial charge in [-0.15, -0.1) is 0 Å². The minimum absolute atomic E-state index is 0.525. The Morgan fingerprint density at radius 2 is 2.18 bits per heavy atom. The third kappa shape index (κ3) is 3.96. The molecule has 1 N–H and O–H groups in total. The van der Waals surface area contributed by atoms with E-state index in [9.17, 15) is 9.90 Å². The molecule has 1 heterocycles. The lowest BCUT2D eigenvalue weighted by Gasteiger charge is -2.39. The Bertz CT molecular complexity index is 245. The van der Waals surface area contributed by atoms with Crippen LogP contribution in [0, 0.1) is 5.41 Å². The molecule has 1 unspecified atom stereocenters. The van der Waals surface area contributed by atoms with Crippen molar-refractivity contribution < 1.29 is 14.6 Å². The van der Waals surface area contributed by atoms with Gasteiger partial charge in [0.25, 0.3) is 0 Å². The van der Waals surface area contributed by atoms with Crippen LogP contribution in [0.5, 0.6) is 0 Å². The number of carbonyl (C=O) groups is 1. The summed E-state index contributed by atoms with van der Waals surface area (Å²) >= 11 is 0. The Kier molecular flexibility index (Phi) is 5.92. The second-order valence-electron chi connectivity index (χ2n) is 4.93. The fraction of sp³-hybridized carbons (Fsp3) is 0.923. The van der Waals surface area contributed by atoms with Crippen molar-refractivity contribution in [3.8, 4) is 0 Å². The third-order valence-electron chi connectivity index (χ3n) is 3.69. The number of hydrogen-bond acceptors (Lipinski definition) is 3. The Balaban J connectivity index is 2.40. The number of rotatable bonds is 7. The van der Waals surface area contributed by atoms with Crippen LogP contribution in [0.4, 0.5) is 0 Å². The van der Waals surface area contributed by atoms with Crippen LogP contribution in [0.1, 0.15) is 39.5 Å². The molecule has 0 amide bonds. The van der Waals surface area contributed by atoms with E-state index in [-0.39, 0.29) is 0 Å². The molecule has 4 heteroatoms. The lowest BCUT2D eigenvalue weighted by molar-refractivity contribution is -0.153. The maximum absolute atomic E-state index is 11.4. The van der Waals surface area contributed by atoms with Gasteiger partial charge in [-0.2, -0.15) is 0 Å². The van der Waals surface area contributed by atoms with Crippen LogP contribution in [-0.4, -0.2) is 48.8 Å². The van der Waals surface area contributed by atoms with Gasteiger partial charge in [0.15, 0.2) is 0 Å². The number of hydrogen-bond donors (Lipinski definition) is 1.